The second-order valence-electron chi connectivity index (χ2n) is 7.05. The van der Waals surface area contributed by atoms with E-state index in [0.29, 0.717) is 32.1 Å². The van der Waals surface area contributed by atoms with Crippen LogP contribution in [0.15, 0.2) is 77.4 Å². The highest BCUT2D eigenvalue weighted by Crippen LogP contribution is 2.38. The molecule has 1 amide bonds. The standard InChI is InChI=1S/C23H12Cl2N4O3S/c24-15-11-17(25)20-19(12-15)33-23(27-20)28-21(14-6-2-1-3-7-14)26-18(22(28)30)10-13-5-4-8-16(9-13)29(31)32/h1-12H/b18-10-. The zero-order chi connectivity index (χ0) is 23.1. The van der Waals surface area contributed by atoms with Crippen LogP contribution in [-0.4, -0.2) is 21.7 Å². The summed E-state index contributed by atoms with van der Waals surface area (Å²) in [5.41, 5.74) is 1.81. The lowest BCUT2D eigenvalue weighted by Gasteiger charge is -2.14. The molecule has 5 rings (SSSR count). The van der Waals surface area contributed by atoms with E-state index in [4.69, 9.17) is 23.2 Å². The second-order valence-corrected chi connectivity index (χ2v) is 8.91. The number of rotatable bonds is 4. The molecule has 3 aromatic carbocycles. The summed E-state index contributed by atoms with van der Waals surface area (Å²) in [6, 6.07) is 18.6. The average molecular weight is 495 g/mol. The summed E-state index contributed by atoms with van der Waals surface area (Å²) < 4.78 is 0.735. The van der Waals surface area contributed by atoms with E-state index in [9.17, 15) is 14.9 Å². The number of nitrogens with zero attached hydrogens (tertiary/aromatic N) is 4. The molecule has 10 heteroatoms. The van der Waals surface area contributed by atoms with Crippen LogP contribution in [0, 0.1) is 10.1 Å². The summed E-state index contributed by atoms with van der Waals surface area (Å²) in [5, 5.41) is 12.4. The molecule has 4 aromatic rings. The van der Waals surface area contributed by atoms with Crippen molar-refractivity contribution in [3.63, 3.8) is 0 Å². The molecule has 2 heterocycles. The molecule has 0 unspecified atom stereocenters. The van der Waals surface area contributed by atoms with Crippen molar-refractivity contribution in [1.29, 1.82) is 0 Å². The van der Waals surface area contributed by atoms with Gasteiger partial charge in [-0.3, -0.25) is 14.9 Å². The van der Waals surface area contributed by atoms with E-state index in [-0.39, 0.29) is 11.4 Å². The Kier molecular flexibility index (Phi) is 5.41. The van der Waals surface area contributed by atoms with Crippen molar-refractivity contribution >= 4 is 73.4 Å². The minimum absolute atomic E-state index is 0.0726. The fourth-order valence-electron chi connectivity index (χ4n) is 3.40. The van der Waals surface area contributed by atoms with Gasteiger partial charge in [0, 0.05) is 22.7 Å². The van der Waals surface area contributed by atoms with Crippen LogP contribution >= 0.6 is 34.5 Å². The Bertz CT molecular complexity index is 1500. The Morgan fingerprint density at radius 1 is 1.03 bits per heavy atom. The van der Waals surface area contributed by atoms with Crippen molar-refractivity contribution < 1.29 is 9.72 Å². The van der Waals surface area contributed by atoms with Gasteiger partial charge in [-0.1, -0.05) is 77.0 Å². The first-order chi connectivity index (χ1) is 15.9. The zero-order valence-corrected chi connectivity index (χ0v) is 18.9. The van der Waals surface area contributed by atoms with E-state index >= 15 is 0 Å². The number of amidine groups is 1. The van der Waals surface area contributed by atoms with E-state index in [1.807, 2.05) is 30.3 Å². The highest BCUT2D eigenvalue weighted by atomic mass is 35.5. The summed E-state index contributed by atoms with van der Waals surface area (Å²) in [6.45, 7) is 0. The third-order valence-electron chi connectivity index (χ3n) is 4.87. The zero-order valence-electron chi connectivity index (χ0n) is 16.6. The van der Waals surface area contributed by atoms with Gasteiger partial charge in [-0.25, -0.2) is 14.9 Å². The first-order valence-electron chi connectivity index (χ1n) is 9.61. The lowest BCUT2D eigenvalue weighted by atomic mass is 10.1. The number of carbonyl (C=O) groups is 1. The minimum Gasteiger partial charge on any atom is -0.266 e. The number of carbonyl (C=O) groups excluding carboxylic acids is 1. The third kappa shape index (κ3) is 4.00. The molecule has 33 heavy (non-hydrogen) atoms. The molecule has 0 radical (unpaired) electrons. The van der Waals surface area contributed by atoms with Crippen LogP contribution in [0.2, 0.25) is 10.0 Å². The van der Waals surface area contributed by atoms with Gasteiger partial charge in [0.05, 0.1) is 14.6 Å². The number of amides is 1. The molecule has 1 aromatic heterocycles. The molecule has 0 spiro atoms. The number of halogens is 2. The number of fused-ring (bicyclic) bond motifs is 1. The monoisotopic (exact) mass is 494 g/mol. The van der Waals surface area contributed by atoms with E-state index in [1.165, 1.54) is 34.4 Å². The number of nitro benzene ring substituents is 1. The van der Waals surface area contributed by atoms with E-state index < -0.39 is 10.8 Å². The van der Waals surface area contributed by atoms with E-state index in [2.05, 4.69) is 9.98 Å². The molecule has 0 fully saturated rings. The second kappa shape index (κ2) is 8.40. The summed E-state index contributed by atoms with van der Waals surface area (Å²) in [7, 11) is 0. The van der Waals surface area contributed by atoms with Crippen LogP contribution in [-0.2, 0) is 4.79 Å². The lowest BCUT2D eigenvalue weighted by Crippen LogP contribution is -2.32. The molecule has 0 saturated carbocycles. The molecule has 0 aliphatic carbocycles. The van der Waals surface area contributed by atoms with Crippen molar-refractivity contribution in [2.45, 2.75) is 0 Å². The SMILES string of the molecule is O=C1/C(=C/c2cccc([N+](=O)[O-])c2)N=C(c2ccccc2)N1c1nc2c(Cl)cc(Cl)cc2s1. The molecule has 1 aliphatic rings. The number of benzene rings is 3. The van der Waals surface area contributed by atoms with Gasteiger partial charge < -0.3 is 0 Å². The van der Waals surface area contributed by atoms with Gasteiger partial charge in [0.1, 0.15) is 17.0 Å². The minimum atomic E-state index is -0.487. The van der Waals surface area contributed by atoms with Gasteiger partial charge in [0.2, 0.25) is 0 Å². The van der Waals surface area contributed by atoms with Gasteiger partial charge >= 0.3 is 0 Å². The number of nitro groups is 1. The van der Waals surface area contributed by atoms with Crippen molar-refractivity contribution in [1.82, 2.24) is 4.98 Å². The number of hydrogen-bond acceptors (Lipinski definition) is 6. The molecule has 0 bridgehead atoms. The fraction of sp³-hybridized carbons (Fsp3) is 0. The maximum atomic E-state index is 13.5. The molecule has 0 N–H and O–H groups in total. The molecule has 0 saturated heterocycles. The number of thiazole rings is 1. The molecule has 0 atom stereocenters. The predicted molar refractivity (Wildman–Crippen MR) is 131 cm³/mol. The largest absolute Gasteiger partial charge is 0.284 e. The van der Waals surface area contributed by atoms with Crippen LogP contribution in [0.25, 0.3) is 16.3 Å². The average Bonchev–Trinajstić information content (AvgIpc) is 3.36. The summed E-state index contributed by atoms with van der Waals surface area (Å²) in [4.78, 5) is 34.7. The Labute approximate surface area is 201 Å². The Balaban J connectivity index is 1.64. The molecule has 7 nitrogen and oxygen atoms in total. The highest BCUT2D eigenvalue weighted by molar-refractivity contribution is 7.22. The Morgan fingerprint density at radius 3 is 2.58 bits per heavy atom. The Hall–Kier alpha value is -3.59. The fourth-order valence-corrected chi connectivity index (χ4v) is 5.09. The van der Waals surface area contributed by atoms with Gasteiger partial charge in [0.15, 0.2) is 5.13 Å². The van der Waals surface area contributed by atoms with Crippen molar-refractivity contribution in [2.24, 2.45) is 4.99 Å². The summed E-state index contributed by atoms with van der Waals surface area (Å²) in [5.74, 6) is 0.000177. The summed E-state index contributed by atoms with van der Waals surface area (Å²) >= 11 is 13.7. The number of aromatic nitrogens is 1. The molecular weight excluding hydrogens is 483 g/mol. The van der Waals surface area contributed by atoms with Gasteiger partial charge in [-0.15, -0.1) is 0 Å². The Morgan fingerprint density at radius 2 is 1.82 bits per heavy atom. The first-order valence-corrected chi connectivity index (χ1v) is 11.2. The van der Waals surface area contributed by atoms with Crippen LogP contribution < -0.4 is 4.90 Å². The molecule has 162 valence electrons. The molecule has 1 aliphatic heterocycles. The van der Waals surface area contributed by atoms with Crippen molar-refractivity contribution in [2.75, 3.05) is 4.90 Å². The smallest absolute Gasteiger partial charge is 0.266 e. The van der Waals surface area contributed by atoms with Crippen molar-refractivity contribution in [3.8, 4) is 0 Å². The lowest BCUT2D eigenvalue weighted by molar-refractivity contribution is -0.384. The molecular formula is C23H12Cl2N4O3S. The van der Waals surface area contributed by atoms with E-state index in [0.717, 1.165) is 10.3 Å². The first kappa shape index (κ1) is 21.3. The third-order valence-corrected chi connectivity index (χ3v) is 6.36. The topological polar surface area (TPSA) is 88.7 Å². The van der Waals surface area contributed by atoms with Gasteiger partial charge in [-0.2, -0.15) is 0 Å². The maximum absolute atomic E-state index is 13.5. The van der Waals surface area contributed by atoms with Crippen LogP contribution in [0.5, 0.6) is 0 Å². The van der Waals surface area contributed by atoms with Crippen molar-refractivity contribution in [3.05, 3.63) is 104 Å². The van der Waals surface area contributed by atoms with Gasteiger partial charge in [0.25, 0.3) is 11.6 Å². The van der Waals surface area contributed by atoms with Crippen LogP contribution in [0.1, 0.15) is 11.1 Å². The quantitative estimate of drug-likeness (QED) is 0.188. The number of hydrogen-bond donors (Lipinski definition) is 0. The maximum Gasteiger partial charge on any atom is 0.284 e. The number of non-ortho nitro benzene ring substituents is 1. The number of aliphatic imine (C=N–C) groups is 1. The van der Waals surface area contributed by atoms with Crippen LogP contribution in [0.4, 0.5) is 10.8 Å². The van der Waals surface area contributed by atoms with E-state index in [1.54, 1.807) is 24.3 Å². The van der Waals surface area contributed by atoms with Gasteiger partial charge in [-0.05, 0) is 23.8 Å². The summed E-state index contributed by atoms with van der Waals surface area (Å²) in [6.07, 6.45) is 1.52. The number of anilines is 1. The highest BCUT2D eigenvalue weighted by Gasteiger charge is 2.34. The normalized spacial score (nSPS) is 14.8. The predicted octanol–water partition coefficient (Wildman–Crippen LogP) is 6.35. The van der Waals surface area contributed by atoms with Crippen LogP contribution in [0.3, 0.4) is 0 Å².